The van der Waals surface area contributed by atoms with Gasteiger partial charge in [-0.1, -0.05) is 39.5 Å². The molecule has 1 aliphatic carbocycles. The highest BCUT2D eigenvalue weighted by molar-refractivity contribution is 7.89. The third-order valence-electron chi connectivity index (χ3n) is 3.94. The van der Waals surface area contributed by atoms with Gasteiger partial charge in [0.15, 0.2) is 5.96 Å². The summed E-state index contributed by atoms with van der Waals surface area (Å²) in [6, 6.07) is 0.385. The average molecular weight is 318 g/mol. The van der Waals surface area contributed by atoms with E-state index in [0.717, 1.165) is 12.8 Å². The zero-order chi connectivity index (χ0) is 15.7. The highest BCUT2D eigenvalue weighted by atomic mass is 32.2. The van der Waals surface area contributed by atoms with E-state index in [1.165, 1.54) is 30.0 Å². The minimum atomic E-state index is -3.21. The van der Waals surface area contributed by atoms with Crippen LogP contribution in [0, 0.1) is 0 Å². The Kier molecular flexibility index (Phi) is 8.03. The Morgan fingerprint density at radius 2 is 1.76 bits per heavy atom. The highest BCUT2D eigenvalue weighted by Crippen LogP contribution is 2.16. The van der Waals surface area contributed by atoms with Crippen LogP contribution in [0.4, 0.5) is 0 Å². The average Bonchev–Trinajstić information content (AvgIpc) is 2.68. The summed E-state index contributed by atoms with van der Waals surface area (Å²) in [6.07, 6.45) is 7.26. The van der Waals surface area contributed by atoms with Gasteiger partial charge in [-0.05, 0) is 12.8 Å². The van der Waals surface area contributed by atoms with E-state index in [0.29, 0.717) is 25.1 Å². The van der Waals surface area contributed by atoms with E-state index in [1.54, 1.807) is 0 Å². The van der Waals surface area contributed by atoms with Crippen LogP contribution in [0.2, 0.25) is 0 Å². The fourth-order valence-electron chi connectivity index (χ4n) is 2.71. The van der Waals surface area contributed by atoms with E-state index in [-0.39, 0.29) is 12.3 Å². The molecular formula is C14H30N4O2S. The number of rotatable bonds is 7. The molecule has 0 aromatic rings. The van der Waals surface area contributed by atoms with Crippen molar-refractivity contribution in [1.82, 2.24) is 9.62 Å². The monoisotopic (exact) mass is 318 g/mol. The van der Waals surface area contributed by atoms with Crippen LogP contribution >= 0.6 is 0 Å². The molecule has 0 aromatic carbocycles. The first-order chi connectivity index (χ1) is 9.99. The van der Waals surface area contributed by atoms with Crippen molar-refractivity contribution in [2.24, 2.45) is 10.7 Å². The third-order valence-corrected chi connectivity index (χ3v) is 5.94. The zero-order valence-corrected chi connectivity index (χ0v) is 14.2. The van der Waals surface area contributed by atoms with Crippen molar-refractivity contribution in [3.8, 4) is 0 Å². The second kappa shape index (κ2) is 9.25. The molecule has 0 bridgehead atoms. The summed E-state index contributed by atoms with van der Waals surface area (Å²) in [5, 5.41) is 3.22. The number of nitrogens with two attached hydrogens (primary N) is 1. The molecule has 0 unspecified atom stereocenters. The maximum atomic E-state index is 12.0. The lowest BCUT2D eigenvalue weighted by Gasteiger charge is -2.18. The lowest BCUT2D eigenvalue weighted by atomic mass is 10.1. The molecule has 0 saturated heterocycles. The Balaban J connectivity index is 2.41. The van der Waals surface area contributed by atoms with Crippen molar-refractivity contribution >= 4 is 16.0 Å². The summed E-state index contributed by atoms with van der Waals surface area (Å²) in [7, 11) is -3.21. The first kappa shape index (κ1) is 18.2. The van der Waals surface area contributed by atoms with E-state index < -0.39 is 10.0 Å². The Morgan fingerprint density at radius 3 is 2.29 bits per heavy atom. The third kappa shape index (κ3) is 6.65. The molecule has 7 heteroatoms. The minimum Gasteiger partial charge on any atom is -0.370 e. The quantitative estimate of drug-likeness (QED) is 0.420. The fraction of sp³-hybridized carbons (Fsp3) is 0.929. The van der Waals surface area contributed by atoms with Gasteiger partial charge >= 0.3 is 0 Å². The smallest absolute Gasteiger partial charge is 0.215 e. The van der Waals surface area contributed by atoms with Crippen LogP contribution in [0.5, 0.6) is 0 Å². The lowest BCUT2D eigenvalue weighted by molar-refractivity contribution is 0.445. The molecule has 1 rings (SSSR count). The molecule has 0 aliphatic heterocycles. The number of nitrogens with one attached hydrogen (secondary N) is 1. The van der Waals surface area contributed by atoms with Crippen LogP contribution in [-0.4, -0.2) is 50.1 Å². The van der Waals surface area contributed by atoms with Gasteiger partial charge in [0.2, 0.25) is 10.0 Å². The standard InChI is InChI=1S/C14H30N4O2S/c1-3-18(4-2)21(19,20)12-11-16-14(15)17-13-9-7-5-6-8-10-13/h13H,3-12H2,1-2H3,(H3,15,16,17). The maximum absolute atomic E-state index is 12.0. The van der Waals surface area contributed by atoms with Crippen LogP contribution in [0.3, 0.4) is 0 Å². The fourth-order valence-corrected chi connectivity index (χ4v) is 4.07. The number of hydrogen-bond acceptors (Lipinski definition) is 3. The van der Waals surface area contributed by atoms with Gasteiger partial charge in [-0.25, -0.2) is 12.7 Å². The Morgan fingerprint density at radius 1 is 1.19 bits per heavy atom. The highest BCUT2D eigenvalue weighted by Gasteiger charge is 2.18. The maximum Gasteiger partial charge on any atom is 0.215 e. The molecule has 0 heterocycles. The van der Waals surface area contributed by atoms with Gasteiger partial charge in [0.05, 0.1) is 12.3 Å². The summed E-state index contributed by atoms with van der Waals surface area (Å²) in [5.41, 5.74) is 5.86. The van der Waals surface area contributed by atoms with Crippen molar-refractivity contribution < 1.29 is 8.42 Å². The number of guanidine groups is 1. The van der Waals surface area contributed by atoms with Crippen molar-refractivity contribution in [2.75, 3.05) is 25.4 Å². The van der Waals surface area contributed by atoms with E-state index in [4.69, 9.17) is 5.73 Å². The van der Waals surface area contributed by atoms with Gasteiger partial charge in [0.25, 0.3) is 0 Å². The minimum absolute atomic E-state index is 0.0156. The van der Waals surface area contributed by atoms with E-state index in [2.05, 4.69) is 10.3 Å². The molecule has 21 heavy (non-hydrogen) atoms. The van der Waals surface area contributed by atoms with Crippen LogP contribution < -0.4 is 11.1 Å². The number of sulfonamides is 1. The van der Waals surface area contributed by atoms with Gasteiger partial charge in [-0.2, -0.15) is 0 Å². The SMILES string of the molecule is CCN(CC)S(=O)(=O)CCN=C(N)NC1CCCCCC1. The Labute approximate surface area is 129 Å². The molecule has 3 N–H and O–H groups in total. The molecule has 0 spiro atoms. The molecule has 0 atom stereocenters. The van der Waals surface area contributed by atoms with Crippen molar-refractivity contribution in [2.45, 2.75) is 58.4 Å². The second-order valence-corrected chi connectivity index (χ2v) is 7.59. The lowest BCUT2D eigenvalue weighted by Crippen LogP contribution is -2.40. The van der Waals surface area contributed by atoms with Gasteiger partial charge in [-0.15, -0.1) is 0 Å². The van der Waals surface area contributed by atoms with E-state index >= 15 is 0 Å². The summed E-state index contributed by atoms with van der Waals surface area (Å²) in [5.74, 6) is 0.387. The van der Waals surface area contributed by atoms with E-state index in [1.807, 2.05) is 13.8 Å². The van der Waals surface area contributed by atoms with Gasteiger partial charge < -0.3 is 11.1 Å². The largest absolute Gasteiger partial charge is 0.370 e. The van der Waals surface area contributed by atoms with Crippen molar-refractivity contribution in [1.29, 1.82) is 0 Å². The Bertz CT molecular complexity index is 411. The van der Waals surface area contributed by atoms with Crippen molar-refractivity contribution in [3.05, 3.63) is 0 Å². The second-order valence-electron chi connectivity index (χ2n) is 5.50. The molecule has 1 fully saturated rings. The van der Waals surface area contributed by atoms with Crippen LogP contribution in [0.1, 0.15) is 52.4 Å². The normalized spacial score (nSPS) is 18.7. The van der Waals surface area contributed by atoms with Crippen molar-refractivity contribution in [3.63, 3.8) is 0 Å². The number of hydrogen-bond donors (Lipinski definition) is 2. The molecule has 0 radical (unpaired) electrons. The molecular weight excluding hydrogens is 288 g/mol. The Hall–Kier alpha value is -0.820. The van der Waals surface area contributed by atoms with Gasteiger partial charge in [0.1, 0.15) is 0 Å². The van der Waals surface area contributed by atoms with Crippen LogP contribution in [-0.2, 0) is 10.0 Å². The molecule has 0 aromatic heterocycles. The zero-order valence-electron chi connectivity index (χ0n) is 13.3. The summed E-state index contributed by atoms with van der Waals surface area (Å²) < 4.78 is 25.5. The number of nitrogens with zero attached hydrogens (tertiary/aromatic N) is 2. The summed E-state index contributed by atoms with van der Waals surface area (Å²) in [6.45, 7) is 4.89. The van der Waals surface area contributed by atoms with Crippen LogP contribution in [0.15, 0.2) is 4.99 Å². The molecule has 0 amide bonds. The molecule has 124 valence electrons. The number of aliphatic imine (C=N–C) groups is 1. The van der Waals surface area contributed by atoms with Crippen LogP contribution in [0.25, 0.3) is 0 Å². The molecule has 1 saturated carbocycles. The summed E-state index contributed by atoms with van der Waals surface area (Å²) >= 11 is 0. The first-order valence-corrected chi connectivity index (χ1v) is 9.64. The molecule has 1 aliphatic rings. The van der Waals surface area contributed by atoms with E-state index in [9.17, 15) is 8.42 Å². The predicted octanol–water partition coefficient (Wildman–Crippen LogP) is 1.29. The topological polar surface area (TPSA) is 87.8 Å². The predicted molar refractivity (Wildman–Crippen MR) is 87.8 cm³/mol. The molecule has 6 nitrogen and oxygen atoms in total. The first-order valence-electron chi connectivity index (χ1n) is 8.03. The summed E-state index contributed by atoms with van der Waals surface area (Å²) in [4.78, 5) is 4.16. The van der Waals surface area contributed by atoms with Gasteiger partial charge in [0, 0.05) is 19.1 Å². The van der Waals surface area contributed by atoms with Gasteiger partial charge in [-0.3, -0.25) is 4.99 Å².